The highest BCUT2D eigenvalue weighted by Crippen LogP contribution is 2.41. The molecule has 1 rings (SSSR count). The number of halogens is 4. The fraction of sp³-hybridized carbons (Fsp3) is 0.850. The summed E-state index contributed by atoms with van der Waals surface area (Å²) < 4.78 is 93.0. The Morgan fingerprint density at radius 3 is 2.13 bits per heavy atom. The van der Waals surface area contributed by atoms with Crippen molar-refractivity contribution >= 4 is 16.1 Å². The fourth-order valence-corrected chi connectivity index (χ4v) is 3.97. The molecule has 1 aliphatic rings. The van der Waals surface area contributed by atoms with Crippen molar-refractivity contribution in [2.24, 2.45) is 0 Å². The number of hydrogen-bond acceptors (Lipinski definition) is 5. The normalized spacial score (nSPS) is 18.1. The van der Waals surface area contributed by atoms with E-state index in [1.54, 1.807) is 0 Å². The van der Waals surface area contributed by atoms with E-state index >= 15 is 0 Å². The summed E-state index contributed by atoms with van der Waals surface area (Å²) >= 11 is 0. The lowest BCUT2D eigenvalue weighted by molar-refractivity contribution is -0.165. The summed E-state index contributed by atoms with van der Waals surface area (Å²) in [6.07, 6.45) is 5.56. The van der Waals surface area contributed by atoms with Gasteiger partial charge in [-0.15, -0.1) is 0 Å². The molecule has 6 nitrogen and oxygen atoms in total. The van der Waals surface area contributed by atoms with Crippen molar-refractivity contribution in [1.29, 1.82) is 0 Å². The Kier molecular flexibility index (Phi) is 10.4. The van der Waals surface area contributed by atoms with E-state index in [1.165, 1.54) is 6.42 Å². The second-order valence-electron chi connectivity index (χ2n) is 8.00. The minimum atomic E-state index is -6.23. The summed E-state index contributed by atoms with van der Waals surface area (Å²) in [4.78, 5) is 12.4. The summed E-state index contributed by atoms with van der Waals surface area (Å²) in [5, 5.41) is -5.56. The lowest BCUT2D eigenvalue weighted by atomic mass is 9.85. The fourth-order valence-electron chi connectivity index (χ4n) is 3.49. The Bertz CT molecular complexity index is 700. The van der Waals surface area contributed by atoms with E-state index in [4.69, 9.17) is 14.0 Å². The zero-order valence-electron chi connectivity index (χ0n) is 17.8. The number of unbranched alkanes of at least 4 members (excludes halogenated alkanes) is 1. The van der Waals surface area contributed by atoms with E-state index in [9.17, 15) is 30.8 Å². The molecular formula is C20H32F4O6S. The van der Waals surface area contributed by atoms with E-state index in [-0.39, 0.29) is 25.2 Å². The lowest BCUT2D eigenvalue weighted by Crippen LogP contribution is -2.46. The van der Waals surface area contributed by atoms with Gasteiger partial charge in [-0.25, -0.2) is 4.79 Å². The van der Waals surface area contributed by atoms with Crippen LogP contribution < -0.4 is 0 Å². The van der Waals surface area contributed by atoms with E-state index in [1.807, 2.05) is 6.92 Å². The predicted molar refractivity (Wildman–Crippen MR) is 107 cm³/mol. The monoisotopic (exact) mass is 476 g/mol. The van der Waals surface area contributed by atoms with Gasteiger partial charge in [-0.3, -0.25) is 4.55 Å². The van der Waals surface area contributed by atoms with Crippen LogP contribution in [-0.2, 0) is 24.4 Å². The van der Waals surface area contributed by atoms with Gasteiger partial charge in [-0.05, 0) is 44.9 Å². The van der Waals surface area contributed by atoms with Gasteiger partial charge < -0.3 is 9.47 Å². The summed E-state index contributed by atoms with van der Waals surface area (Å²) in [5.74, 6) is -5.50. The van der Waals surface area contributed by atoms with Gasteiger partial charge in [0.1, 0.15) is 5.60 Å². The van der Waals surface area contributed by atoms with Gasteiger partial charge in [0.25, 0.3) is 0 Å². The molecule has 0 atom stereocenters. The topological polar surface area (TPSA) is 89.9 Å². The maximum atomic E-state index is 13.4. The molecule has 0 radical (unpaired) electrons. The van der Waals surface area contributed by atoms with Crippen LogP contribution in [-0.4, -0.2) is 48.9 Å². The predicted octanol–water partition coefficient (Wildman–Crippen LogP) is 5.28. The average molecular weight is 477 g/mol. The number of hydrogen-bond donors (Lipinski definition) is 1. The summed E-state index contributed by atoms with van der Waals surface area (Å²) in [6, 6.07) is 0. The standard InChI is InChI=1S/C20H32F4O6S/c1-3-18(11-7-5-4-6-8-12-18)30-17(25)16(2)15-29-14-10-9-13-19(21,22)20(23,24)31(26,27)28/h2-15H2,1H3,(H,26,27,28). The Balaban J connectivity index is 2.39. The summed E-state index contributed by atoms with van der Waals surface area (Å²) in [7, 11) is -6.23. The van der Waals surface area contributed by atoms with Crippen LogP contribution >= 0.6 is 0 Å². The minimum Gasteiger partial charge on any atom is -0.456 e. The number of carbonyl (C=O) groups is 1. The smallest absolute Gasteiger partial charge is 0.431 e. The maximum absolute atomic E-state index is 13.4. The number of alkyl halides is 4. The third-order valence-electron chi connectivity index (χ3n) is 5.56. The van der Waals surface area contributed by atoms with Crippen molar-refractivity contribution in [1.82, 2.24) is 0 Å². The van der Waals surface area contributed by atoms with Crippen molar-refractivity contribution < 1.29 is 44.8 Å². The highest BCUT2D eigenvalue weighted by atomic mass is 32.2. The molecule has 1 aliphatic carbocycles. The van der Waals surface area contributed by atoms with E-state index in [0.717, 1.165) is 38.5 Å². The van der Waals surface area contributed by atoms with E-state index < -0.39 is 45.7 Å². The Morgan fingerprint density at radius 1 is 1.06 bits per heavy atom. The van der Waals surface area contributed by atoms with E-state index in [0.29, 0.717) is 6.42 Å². The third kappa shape index (κ3) is 8.02. The van der Waals surface area contributed by atoms with Gasteiger partial charge in [-0.2, -0.15) is 26.0 Å². The van der Waals surface area contributed by atoms with Gasteiger partial charge in [0.05, 0.1) is 12.2 Å². The van der Waals surface area contributed by atoms with Crippen LogP contribution in [0.5, 0.6) is 0 Å². The average Bonchev–Trinajstić information content (AvgIpc) is 2.65. The summed E-state index contributed by atoms with van der Waals surface area (Å²) in [5.41, 5.74) is -0.456. The molecule has 0 bridgehead atoms. The zero-order chi connectivity index (χ0) is 23.8. The minimum absolute atomic E-state index is 0.0677. The van der Waals surface area contributed by atoms with Crippen LogP contribution in [0.15, 0.2) is 12.2 Å². The van der Waals surface area contributed by atoms with Gasteiger partial charge in [-0.1, -0.05) is 32.8 Å². The lowest BCUT2D eigenvalue weighted by Gasteiger charge is -2.34. The van der Waals surface area contributed by atoms with Gasteiger partial charge >= 0.3 is 27.3 Å². The molecule has 0 saturated heterocycles. The second kappa shape index (κ2) is 11.6. The molecule has 0 heterocycles. The zero-order valence-corrected chi connectivity index (χ0v) is 18.6. The Morgan fingerprint density at radius 2 is 1.61 bits per heavy atom. The van der Waals surface area contributed by atoms with Crippen molar-refractivity contribution in [2.45, 2.75) is 94.3 Å². The largest absolute Gasteiger partial charge is 0.456 e. The van der Waals surface area contributed by atoms with Crippen LogP contribution in [0, 0.1) is 0 Å². The van der Waals surface area contributed by atoms with Crippen molar-refractivity contribution in [3.63, 3.8) is 0 Å². The quantitative estimate of drug-likeness (QED) is 0.135. The van der Waals surface area contributed by atoms with Crippen molar-refractivity contribution in [2.75, 3.05) is 13.2 Å². The first-order valence-electron chi connectivity index (χ1n) is 10.5. The van der Waals surface area contributed by atoms with Crippen LogP contribution in [0.3, 0.4) is 0 Å². The second-order valence-corrected chi connectivity index (χ2v) is 9.47. The van der Waals surface area contributed by atoms with Crippen molar-refractivity contribution in [3.05, 3.63) is 12.2 Å². The van der Waals surface area contributed by atoms with Gasteiger partial charge in [0, 0.05) is 13.0 Å². The first kappa shape index (κ1) is 27.8. The van der Waals surface area contributed by atoms with E-state index in [2.05, 4.69) is 6.58 Å². The molecule has 1 fully saturated rings. The molecule has 0 aliphatic heterocycles. The molecule has 0 unspecified atom stereocenters. The highest BCUT2D eigenvalue weighted by molar-refractivity contribution is 7.87. The number of esters is 1. The molecule has 1 N–H and O–H groups in total. The van der Waals surface area contributed by atoms with Crippen LogP contribution in [0.1, 0.15) is 77.6 Å². The molecule has 11 heteroatoms. The van der Waals surface area contributed by atoms with Crippen LogP contribution in [0.25, 0.3) is 0 Å². The SMILES string of the molecule is C=C(COCCCCC(F)(F)C(F)(F)S(=O)(=O)O)C(=O)OC1(CC)CCCCCCC1. The van der Waals surface area contributed by atoms with Crippen LogP contribution in [0.4, 0.5) is 17.6 Å². The molecule has 0 spiro atoms. The maximum Gasteiger partial charge on any atom is 0.431 e. The highest BCUT2D eigenvalue weighted by Gasteiger charge is 2.64. The summed E-state index contributed by atoms with van der Waals surface area (Å²) in [6.45, 7) is 5.27. The Labute approximate surface area is 181 Å². The van der Waals surface area contributed by atoms with Gasteiger partial charge in [0.15, 0.2) is 0 Å². The Hall–Kier alpha value is -1.20. The molecule has 0 aromatic heterocycles. The molecule has 0 aromatic rings. The number of carbonyl (C=O) groups excluding carboxylic acids is 1. The third-order valence-corrected chi connectivity index (χ3v) is 6.51. The number of ether oxygens (including phenoxy) is 2. The van der Waals surface area contributed by atoms with Crippen LogP contribution in [0.2, 0.25) is 0 Å². The first-order chi connectivity index (χ1) is 14.3. The molecule has 0 amide bonds. The molecule has 1 saturated carbocycles. The molecule has 0 aromatic carbocycles. The molecule has 182 valence electrons. The number of rotatable bonds is 12. The first-order valence-corrected chi connectivity index (χ1v) is 11.9. The molecule has 31 heavy (non-hydrogen) atoms. The van der Waals surface area contributed by atoms with Gasteiger partial charge in [0.2, 0.25) is 0 Å². The van der Waals surface area contributed by atoms with Crippen molar-refractivity contribution in [3.8, 4) is 0 Å². The molecular weight excluding hydrogens is 444 g/mol.